The van der Waals surface area contributed by atoms with E-state index in [1.165, 1.54) is 18.9 Å². The van der Waals surface area contributed by atoms with Gasteiger partial charge in [-0.25, -0.2) is 9.19 Å². The lowest BCUT2D eigenvalue weighted by Gasteiger charge is -2.14. The summed E-state index contributed by atoms with van der Waals surface area (Å²) in [6.07, 6.45) is 5.14. The summed E-state index contributed by atoms with van der Waals surface area (Å²) in [6.45, 7) is 0.862. The number of ether oxygens (including phenoxy) is 2. The predicted molar refractivity (Wildman–Crippen MR) is 134 cm³/mol. The van der Waals surface area contributed by atoms with Crippen molar-refractivity contribution in [1.29, 1.82) is 5.26 Å². The summed E-state index contributed by atoms with van der Waals surface area (Å²) < 4.78 is 32.5. The number of carbonyl (C=O) groups is 1. The van der Waals surface area contributed by atoms with Gasteiger partial charge in [0.1, 0.15) is 17.2 Å². The largest absolute Gasteiger partial charge is 0.489 e. The molecule has 0 radical (unpaired) electrons. The van der Waals surface area contributed by atoms with Crippen LogP contribution in [0.25, 0.3) is 11.1 Å². The third-order valence-electron chi connectivity index (χ3n) is 6.33. The van der Waals surface area contributed by atoms with Crippen molar-refractivity contribution in [2.75, 3.05) is 6.61 Å². The highest BCUT2D eigenvalue weighted by Crippen LogP contribution is 2.38. The lowest BCUT2D eigenvalue weighted by Crippen LogP contribution is -2.40. The van der Waals surface area contributed by atoms with Gasteiger partial charge in [0, 0.05) is 29.0 Å². The van der Waals surface area contributed by atoms with Gasteiger partial charge in [-0.2, -0.15) is 5.26 Å². The number of benzene rings is 2. The summed E-state index contributed by atoms with van der Waals surface area (Å²) >= 11 is -2.14. The fraction of sp³-hybridized carbons (Fsp3) is 0.296. The van der Waals surface area contributed by atoms with Crippen molar-refractivity contribution in [2.24, 2.45) is 5.92 Å². The van der Waals surface area contributed by atoms with E-state index in [0.717, 1.165) is 17.7 Å². The monoisotopic (exact) mass is 503 g/mol. The maximum atomic E-state index is 12.5. The second kappa shape index (κ2) is 10.1. The van der Waals surface area contributed by atoms with Crippen molar-refractivity contribution in [1.82, 2.24) is 10.3 Å². The minimum atomic E-state index is -2.14. The number of aromatic nitrogens is 1. The van der Waals surface area contributed by atoms with E-state index in [4.69, 9.17) is 9.47 Å². The van der Waals surface area contributed by atoms with Gasteiger partial charge in [-0.1, -0.05) is 18.2 Å². The Hall–Kier alpha value is -3.74. The first-order valence-electron chi connectivity index (χ1n) is 11.7. The maximum absolute atomic E-state index is 12.5. The molecule has 2 aliphatic rings. The molecule has 2 N–H and O–H groups in total. The molecule has 0 spiro atoms. The van der Waals surface area contributed by atoms with Crippen LogP contribution in [-0.2, 0) is 17.7 Å². The maximum Gasteiger partial charge on any atom is 0.252 e. The number of nitrogens with zero attached hydrogens (tertiary/aromatic N) is 2. The number of carbonyl (C=O) groups excluding carboxylic acids is 1. The van der Waals surface area contributed by atoms with Crippen molar-refractivity contribution in [3.05, 3.63) is 77.5 Å². The van der Waals surface area contributed by atoms with Crippen LogP contribution in [0.3, 0.4) is 0 Å². The van der Waals surface area contributed by atoms with Crippen LogP contribution in [0.1, 0.15) is 47.2 Å². The van der Waals surface area contributed by atoms with Gasteiger partial charge < -0.3 is 19.3 Å². The lowest BCUT2D eigenvalue weighted by molar-refractivity contribution is 0.0944. The van der Waals surface area contributed by atoms with Crippen LogP contribution in [0.15, 0.2) is 60.8 Å². The fourth-order valence-corrected chi connectivity index (χ4v) is 4.37. The van der Waals surface area contributed by atoms with E-state index in [9.17, 15) is 18.8 Å². The summed E-state index contributed by atoms with van der Waals surface area (Å²) in [5, 5.41) is 12.2. The van der Waals surface area contributed by atoms with E-state index in [2.05, 4.69) is 16.4 Å². The quantitative estimate of drug-likeness (QED) is 0.393. The van der Waals surface area contributed by atoms with Crippen molar-refractivity contribution < 1.29 is 23.0 Å². The molecule has 0 saturated heterocycles. The summed E-state index contributed by atoms with van der Waals surface area (Å²) in [6, 6.07) is 18.2. The number of pyridine rings is 1. The first-order chi connectivity index (χ1) is 17.5. The van der Waals surface area contributed by atoms with Gasteiger partial charge in [0.25, 0.3) is 5.91 Å². The Labute approximate surface area is 211 Å². The smallest absolute Gasteiger partial charge is 0.252 e. The van der Waals surface area contributed by atoms with E-state index >= 15 is 0 Å². The summed E-state index contributed by atoms with van der Waals surface area (Å²) in [4.78, 5) is 15.8. The van der Waals surface area contributed by atoms with Crippen LogP contribution >= 0.6 is 0 Å². The molecule has 184 valence electrons. The first-order valence-corrected chi connectivity index (χ1v) is 12.8. The van der Waals surface area contributed by atoms with Gasteiger partial charge in [0.05, 0.1) is 18.2 Å². The molecule has 1 heterocycles. The topological polar surface area (TPSA) is 122 Å². The molecular weight excluding hydrogens is 478 g/mol. The molecule has 3 aromatic rings. The molecule has 5 rings (SSSR count). The molecule has 2 aromatic carbocycles. The highest BCUT2D eigenvalue weighted by atomic mass is 32.2. The molecule has 2 fully saturated rings. The molecular formula is C27H25N3O5S. The molecule has 1 amide bonds. The van der Waals surface area contributed by atoms with Gasteiger partial charge >= 0.3 is 0 Å². The van der Waals surface area contributed by atoms with E-state index < -0.39 is 21.9 Å². The molecule has 8 nitrogen and oxygen atoms in total. The van der Waals surface area contributed by atoms with Crippen molar-refractivity contribution >= 4 is 17.0 Å². The molecule has 0 aliphatic heterocycles. The third kappa shape index (κ3) is 5.56. The Bertz CT molecular complexity index is 1340. The Morgan fingerprint density at radius 2 is 1.97 bits per heavy atom. The van der Waals surface area contributed by atoms with Crippen LogP contribution in [0.5, 0.6) is 11.6 Å². The molecule has 1 unspecified atom stereocenters. The summed E-state index contributed by atoms with van der Waals surface area (Å²) in [5.74, 6) is 1.44. The molecule has 0 bridgehead atoms. The number of rotatable bonds is 10. The number of hydrogen-bond acceptors (Lipinski definition) is 6. The van der Waals surface area contributed by atoms with Crippen LogP contribution in [0.2, 0.25) is 0 Å². The van der Waals surface area contributed by atoms with Crippen molar-refractivity contribution in [3.63, 3.8) is 0 Å². The summed E-state index contributed by atoms with van der Waals surface area (Å²) in [5.41, 5.74) is 3.07. The van der Waals surface area contributed by atoms with Crippen LogP contribution in [-0.4, -0.2) is 31.1 Å². The average molecular weight is 504 g/mol. The van der Waals surface area contributed by atoms with Gasteiger partial charge in [-0.05, 0) is 67.5 Å². The van der Waals surface area contributed by atoms with Crippen LogP contribution in [0.4, 0.5) is 0 Å². The first kappa shape index (κ1) is 24.0. The fourth-order valence-electron chi connectivity index (χ4n) is 3.73. The van der Waals surface area contributed by atoms with Gasteiger partial charge in [0.15, 0.2) is 11.1 Å². The van der Waals surface area contributed by atoms with Crippen molar-refractivity contribution in [2.45, 2.75) is 37.2 Å². The van der Waals surface area contributed by atoms with E-state index in [0.29, 0.717) is 41.5 Å². The van der Waals surface area contributed by atoms with E-state index in [1.54, 1.807) is 18.3 Å². The molecule has 1 aromatic heterocycles. The summed E-state index contributed by atoms with van der Waals surface area (Å²) in [7, 11) is 0. The Kier molecular flexibility index (Phi) is 6.72. The molecule has 2 saturated carbocycles. The Balaban J connectivity index is 1.23. The predicted octanol–water partition coefficient (Wildman–Crippen LogP) is 4.43. The zero-order valence-corrected chi connectivity index (χ0v) is 20.3. The number of nitrogens with one attached hydrogen (secondary N) is 1. The van der Waals surface area contributed by atoms with Crippen LogP contribution < -0.4 is 14.8 Å². The van der Waals surface area contributed by atoms with Crippen molar-refractivity contribution in [3.8, 4) is 28.8 Å². The Morgan fingerprint density at radius 1 is 1.14 bits per heavy atom. The highest BCUT2D eigenvalue weighted by molar-refractivity contribution is 7.81. The van der Waals surface area contributed by atoms with Gasteiger partial charge in [0.2, 0.25) is 5.88 Å². The zero-order chi connectivity index (χ0) is 25.1. The zero-order valence-electron chi connectivity index (χ0n) is 19.5. The average Bonchev–Trinajstić information content (AvgIpc) is 3.83. The lowest BCUT2D eigenvalue weighted by atomic mass is 10.0. The highest BCUT2D eigenvalue weighted by Gasteiger charge is 2.50. The number of nitriles is 1. The molecule has 1 atom stereocenters. The second-order valence-corrected chi connectivity index (χ2v) is 10.4. The normalized spacial score (nSPS) is 16.4. The third-order valence-corrected chi connectivity index (χ3v) is 7.51. The van der Waals surface area contributed by atoms with Gasteiger partial charge in [-0.15, -0.1) is 0 Å². The minimum absolute atomic E-state index is 0.144. The number of hydrogen-bond donors (Lipinski definition) is 2. The molecule has 2 aliphatic carbocycles. The van der Waals surface area contributed by atoms with E-state index in [-0.39, 0.29) is 12.2 Å². The number of amides is 1. The van der Waals surface area contributed by atoms with Crippen LogP contribution in [0, 0.1) is 17.2 Å². The SMILES string of the molecule is N#Cc1cc(C(=O)NC2(S(=O)O)CC2)ccc1COc1cccc(-c2ccc(OCC3CC3)nc2)c1. The second-order valence-electron chi connectivity index (χ2n) is 9.14. The van der Waals surface area contributed by atoms with Gasteiger partial charge in [-0.3, -0.25) is 4.79 Å². The molecule has 36 heavy (non-hydrogen) atoms. The molecule has 9 heteroatoms. The van der Waals surface area contributed by atoms with E-state index in [1.807, 2.05) is 36.4 Å². The Morgan fingerprint density at radius 3 is 2.64 bits per heavy atom. The minimum Gasteiger partial charge on any atom is -0.489 e. The standard InChI is InChI=1S/C27H25N3O5S/c28-14-23-12-20(26(31)30-27(10-11-27)36(32)33)6-7-22(23)17-34-24-3-1-2-19(13-24)21-8-9-25(29-15-21)35-16-18-4-5-18/h1-3,6-9,12-13,15,18H,4-5,10-11,16-17H2,(H,30,31)(H,32,33).